The number of rotatable bonds is 9. The van der Waals surface area contributed by atoms with E-state index in [4.69, 9.17) is 9.47 Å². The third-order valence-electron chi connectivity index (χ3n) is 8.63. The summed E-state index contributed by atoms with van der Waals surface area (Å²) < 4.78 is 13.1. The van der Waals surface area contributed by atoms with Crippen LogP contribution in [0.5, 0.6) is 11.5 Å². The largest absolute Gasteiger partial charge is 0.488 e. The Hall–Kier alpha value is -4.67. The van der Waals surface area contributed by atoms with Gasteiger partial charge in [-0.1, -0.05) is 18.2 Å². The Kier molecular flexibility index (Phi) is 7.06. The first kappa shape index (κ1) is 26.2. The molecule has 2 aromatic carbocycles. The standard InChI is InChI=1S/C35H33N5O2/c1-23-27(5-2-6-29(23)28-14-26-9-10-38-35(26)39-19-28)22-42-33-15-34(41-21-25-13-24(16-36)17-37-18-25)32(20-40-11-4-12-40)30-7-3-8-31(30)33/h2,5-6,9-10,13-15,17-19H,3-4,7-8,11-12,20-22H2,1H3,(H,38,39). The summed E-state index contributed by atoms with van der Waals surface area (Å²) in [7, 11) is 0. The first-order chi connectivity index (χ1) is 20.7. The van der Waals surface area contributed by atoms with Crippen molar-refractivity contribution in [1.82, 2.24) is 19.9 Å². The molecule has 42 heavy (non-hydrogen) atoms. The molecule has 0 spiro atoms. The molecule has 1 N–H and O–H groups in total. The number of pyridine rings is 2. The summed E-state index contributed by atoms with van der Waals surface area (Å²) in [6.45, 7) is 6.15. The van der Waals surface area contributed by atoms with Gasteiger partial charge in [0, 0.05) is 59.5 Å². The van der Waals surface area contributed by atoms with E-state index in [-0.39, 0.29) is 0 Å². The third-order valence-corrected chi connectivity index (χ3v) is 8.63. The van der Waals surface area contributed by atoms with E-state index in [0.717, 1.165) is 78.1 Å². The van der Waals surface area contributed by atoms with Crippen LogP contribution < -0.4 is 9.47 Å². The number of ether oxygens (including phenoxy) is 2. The normalized spacial score (nSPS) is 14.4. The zero-order valence-corrected chi connectivity index (χ0v) is 23.8. The van der Waals surface area contributed by atoms with Crippen molar-refractivity contribution < 1.29 is 9.47 Å². The first-order valence-electron chi connectivity index (χ1n) is 14.7. The molecule has 1 saturated heterocycles. The van der Waals surface area contributed by atoms with Crippen LogP contribution in [0.15, 0.2) is 67.3 Å². The molecule has 7 heteroatoms. The van der Waals surface area contributed by atoms with Gasteiger partial charge in [-0.05, 0) is 91.7 Å². The lowest BCUT2D eigenvalue weighted by atomic mass is 9.97. The molecule has 0 unspecified atom stereocenters. The van der Waals surface area contributed by atoms with Crippen molar-refractivity contribution in [1.29, 1.82) is 5.26 Å². The van der Waals surface area contributed by atoms with Crippen molar-refractivity contribution in [2.24, 2.45) is 0 Å². The predicted octanol–water partition coefficient (Wildman–Crippen LogP) is 6.66. The van der Waals surface area contributed by atoms with E-state index in [2.05, 4.69) is 69.2 Å². The molecular weight excluding hydrogens is 522 g/mol. The van der Waals surface area contributed by atoms with Crippen LogP contribution in [-0.2, 0) is 32.6 Å². The van der Waals surface area contributed by atoms with Crippen molar-refractivity contribution in [2.45, 2.75) is 52.4 Å². The molecule has 210 valence electrons. The van der Waals surface area contributed by atoms with E-state index in [1.165, 1.54) is 34.2 Å². The maximum Gasteiger partial charge on any atom is 0.137 e. The average Bonchev–Trinajstić information content (AvgIpc) is 3.68. The maximum absolute atomic E-state index is 9.30. The van der Waals surface area contributed by atoms with Gasteiger partial charge in [0.1, 0.15) is 36.4 Å². The number of aromatic amines is 1. The molecule has 7 rings (SSSR count). The number of fused-ring (bicyclic) bond motifs is 2. The SMILES string of the molecule is Cc1c(COc2cc(OCc3cncc(C#N)c3)c(CN3CCC3)c3c2CCC3)cccc1-c1cnc2[nH]ccc2c1. The monoisotopic (exact) mass is 555 g/mol. The van der Waals surface area contributed by atoms with Crippen LogP contribution in [0.2, 0.25) is 0 Å². The maximum atomic E-state index is 9.30. The van der Waals surface area contributed by atoms with Gasteiger partial charge < -0.3 is 14.5 Å². The molecule has 1 aliphatic heterocycles. The van der Waals surface area contributed by atoms with E-state index in [9.17, 15) is 5.26 Å². The molecular formula is C35H33N5O2. The zero-order chi connectivity index (χ0) is 28.5. The number of nitrogens with zero attached hydrogens (tertiary/aromatic N) is 4. The topological polar surface area (TPSA) is 87.1 Å². The van der Waals surface area contributed by atoms with Gasteiger partial charge in [-0.2, -0.15) is 5.26 Å². The zero-order valence-electron chi connectivity index (χ0n) is 23.8. The van der Waals surface area contributed by atoms with Gasteiger partial charge in [-0.3, -0.25) is 9.88 Å². The van der Waals surface area contributed by atoms with Crippen molar-refractivity contribution >= 4 is 11.0 Å². The molecule has 7 nitrogen and oxygen atoms in total. The Morgan fingerprint density at radius 1 is 0.952 bits per heavy atom. The van der Waals surface area contributed by atoms with Crippen LogP contribution in [0, 0.1) is 18.3 Å². The second kappa shape index (κ2) is 11.3. The van der Waals surface area contributed by atoms with Crippen LogP contribution in [0.1, 0.15) is 51.8 Å². The molecule has 1 fully saturated rings. The van der Waals surface area contributed by atoms with Crippen molar-refractivity contribution in [3.05, 3.63) is 106 Å². The molecule has 0 radical (unpaired) electrons. The van der Waals surface area contributed by atoms with Crippen LogP contribution in [0.3, 0.4) is 0 Å². The van der Waals surface area contributed by atoms with E-state index in [1.54, 1.807) is 12.4 Å². The number of hydrogen-bond donors (Lipinski definition) is 1. The fourth-order valence-corrected chi connectivity index (χ4v) is 6.17. The minimum Gasteiger partial charge on any atom is -0.488 e. The first-order valence-corrected chi connectivity index (χ1v) is 14.7. The summed E-state index contributed by atoms with van der Waals surface area (Å²) in [4.78, 5) is 14.5. The molecule has 1 aliphatic carbocycles. The Morgan fingerprint density at radius 3 is 2.69 bits per heavy atom. The Morgan fingerprint density at radius 2 is 1.83 bits per heavy atom. The Labute approximate surface area is 245 Å². The van der Waals surface area contributed by atoms with E-state index in [1.807, 2.05) is 18.5 Å². The fourth-order valence-electron chi connectivity index (χ4n) is 6.17. The van der Waals surface area contributed by atoms with Gasteiger partial charge in [0.25, 0.3) is 0 Å². The lowest BCUT2D eigenvalue weighted by Gasteiger charge is -2.32. The molecule has 5 aromatic rings. The van der Waals surface area contributed by atoms with Gasteiger partial charge >= 0.3 is 0 Å². The Balaban J connectivity index is 1.18. The molecule has 0 amide bonds. The van der Waals surface area contributed by atoms with Crippen molar-refractivity contribution in [3.8, 4) is 28.7 Å². The van der Waals surface area contributed by atoms with Crippen LogP contribution in [0.4, 0.5) is 0 Å². The molecule has 0 bridgehead atoms. The van der Waals surface area contributed by atoms with Crippen LogP contribution in [-0.4, -0.2) is 32.9 Å². The second-order valence-corrected chi connectivity index (χ2v) is 11.3. The highest BCUT2D eigenvalue weighted by Crippen LogP contribution is 2.41. The fraction of sp³-hybridized carbons (Fsp3) is 0.286. The number of nitriles is 1. The average molecular weight is 556 g/mol. The number of aromatic nitrogens is 3. The lowest BCUT2D eigenvalue weighted by molar-refractivity contribution is 0.168. The van der Waals surface area contributed by atoms with Gasteiger partial charge in [0.15, 0.2) is 0 Å². The van der Waals surface area contributed by atoms with E-state index >= 15 is 0 Å². The van der Waals surface area contributed by atoms with Crippen LogP contribution >= 0.6 is 0 Å². The van der Waals surface area contributed by atoms with Gasteiger partial charge in [-0.15, -0.1) is 0 Å². The summed E-state index contributed by atoms with van der Waals surface area (Å²) in [6, 6.07) is 16.7. The smallest absolute Gasteiger partial charge is 0.137 e. The number of H-pyrrole nitrogens is 1. The molecule has 0 atom stereocenters. The quantitative estimate of drug-likeness (QED) is 0.219. The minimum absolute atomic E-state index is 0.356. The predicted molar refractivity (Wildman–Crippen MR) is 162 cm³/mol. The van der Waals surface area contributed by atoms with E-state index < -0.39 is 0 Å². The molecule has 2 aliphatic rings. The van der Waals surface area contributed by atoms with Gasteiger partial charge in [0.2, 0.25) is 0 Å². The Bertz CT molecular complexity index is 1810. The molecule has 3 aromatic heterocycles. The van der Waals surface area contributed by atoms with Crippen molar-refractivity contribution in [2.75, 3.05) is 13.1 Å². The highest BCUT2D eigenvalue weighted by molar-refractivity contribution is 5.82. The summed E-state index contributed by atoms with van der Waals surface area (Å²) in [5, 5.41) is 10.4. The highest BCUT2D eigenvalue weighted by Gasteiger charge is 2.27. The van der Waals surface area contributed by atoms with E-state index in [0.29, 0.717) is 18.8 Å². The number of benzene rings is 2. The summed E-state index contributed by atoms with van der Waals surface area (Å²) >= 11 is 0. The minimum atomic E-state index is 0.356. The highest BCUT2D eigenvalue weighted by atomic mass is 16.5. The molecule has 4 heterocycles. The van der Waals surface area contributed by atoms with Gasteiger partial charge in [-0.25, -0.2) is 4.98 Å². The van der Waals surface area contributed by atoms with Gasteiger partial charge in [0.05, 0.1) is 5.56 Å². The second-order valence-electron chi connectivity index (χ2n) is 11.3. The third kappa shape index (κ3) is 5.10. The summed E-state index contributed by atoms with van der Waals surface area (Å²) in [6.07, 6.45) is 11.6. The number of likely N-dealkylation sites (tertiary alicyclic amines) is 1. The summed E-state index contributed by atoms with van der Waals surface area (Å²) in [5.41, 5.74) is 10.9. The summed E-state index contributed by atoms with van der Waals surface area (Å²) in [5.74, 6) is 1.78. The molecule has 0 saturated carbocycles. The lowest BCUT2D eigenvalue weighted by Crippen LogP contribution is -2.36. The number of nitrogens with one attached hydrogen (secondary N) is 1. The van der Waals surface area contributed by atoms with Crippen LogP contribution in [0.25, 0.3) is 22.2 Å². The number of hydrogen-bond acceptors (Lipinski definition) is 6. The van der Waals surface area contributed by atoms with Crippen molar-refractivity contribution in [3.63, 3.8) is 0 Å².